The van der Waals surface area contributed by atoms with Crippen LogP contribution in [-0.2, 0) is 16.1 Å². The van der Waals surface area contributed by atoms with E-state index in [4.69, 9.17) is 9.47 Å². The largest absolute Gasteiger partial charge is 0.490 e. The summed E-state index contributed by atoms with van der Waals surface area (Å²) in [4.78, 5) is 14.2. The Bertz CT molecular complexity index is 482. The highest BCUT2D eigenvalue weighted by molar-refractivity contribution is 5.78. The number of methoxy groups -OCH3 is 1. The molecule has 1 heterocycles. The molecule has 0 aromatic heterocycles. The van der Waals surface area contributed by atoms with Crippen molar-refractivity contribution in [1.29, 1.82) is 0 Å². The number of amides is 1. The Morgan fingerprint density at radius 3 is 2.57 bits per heavy atom. The lowest BCUT2D eigenvalue weighted by molar-refractivity contribution is -0.126. The van der Waals surface area contributed by atoms with Gasteiger partial charge in [-0.1, -0.05) is 19.1 Å². The van der Waals surface area contributed by atoms with Crippen molar-refractivity contribution < 1.29 is 14.3 Å². The Morgan fingerprint density at radius 1 is 1.30 bits per heavy atom. The summed E-state index contributed by atoms with van der Waals surface area (Å²) < 4.78 is 11.0. The maximum Gasteiger partial charge on any atom is 0.225 e. The molecule has 0 aliphatic carbocycles. The first-order valence-corrected chi connectivity index (χ1v) is 8.29. The SMILES string of the molecule is COC[C@H](C)C(=O)NCc1ccc(OC2CCN(C)CC2)cc1. The van der Waals surface area contributed by atoms with Gasteiger partial charge in [0.1, 0.15) is 11.9 Å². The molecule has 1 saturated heterocycles. The van der Waals surface area contributed by atoms with Crippen LogP contribution in [0.5, 0.6) is 5.75 Å². The summed E-state index contributed by atoms with van der Waals surface area (Å²) in [6.07, 6.45) is 2.46. The van der Waals surface area contributed by atoms with E-state index in [1.807, 2.05) is 31.2 Å². The second kappa shape index (κ2) is 8.89. The third kappa shape index (κ3) is 5.84. The van der Waals surface area contributed by atoms with Gasteiger partial charge in [-0.05, 0) is 37.6 Å². The van der Waals surface area contributed by atoms with E-state index in [1.54, 1.807) is 7.11 Å². The van der Waals surface area contributed by atoms with Gasteiger partial charge in [0, 0.05) is 26.7 Å². The summed E-state index contributed by atoms with van der Waals surface area (Å²) in [5, 5.41) is 2.92. The van der Waals surface area contributed by atoms with Crippen LogP contribution >= 0.6 is 0 Å². The predicted octanol–water partition coefficient (Wildman–Crippen LogP) is 2.06. The van der Waals surface area contributed by atoms with Crippen molar-refractivity contribution in [2.24, 2.45) is 5.92 Å². The van der Waals surface area contributed by atoms with Crippen LogP contribution in [0.15, 0.2) is 24.3 Å². The molecule has 1 aliphatic rings. The van der Waals surface area contributed by atoms with Gasteiger partial charge in [0.05, 0.1) is 12.5 Å². The molecule has 5 heteroatoms. The first-order valence-electron chi connectivity index (χ1n) is 8.29. The van der Waals surface area contributed by atoms with Gasteiger partial charge in [0.25, 0.3) is 0 Å². The zero-order chi connectivity index (χ0) is 16.7. The number of benzene rings is 1. The van der Waals surface area contributed by atoms with E-state index in [0.717, 1.165) is 37.2 Å². The van der Waals surface area contributed by atoms with Crippen LogP contribution in [0.25, 0.3) is 0 Å². The number of likely N-dealkylation sites (tertiary alicyclic amines) is 1. The minimum atomic E-state index is -0.132. The molecule has 1 atom stereocenters. The highest BCUT2D eigenvalue weighted by Gasteiger charge is 2.18. The van der Waals surface area contributed by atoms with Gasteiger partial charge >= 0.3 is 0 Å². The number of rotatable bonds is 7. The molecule has 0 unspecified atom stereocenters. The zero-order valence-electron chi connectivity index (χ0n) is 14.4. The van der Waals surface area contributed by atoms with Crippen molar-refractivity contribution in [2.45, 2.75) is 32.4 Å². The van der Waals surface area contributed by atoms with Crippen molar-refractivity contribution in [1.82, 2.24) is 10.2 Å². The fourth-order valence-corrected chi connectivity index (χ4v) is 2.67. The highest BCUT2D eigenvalue weighted by atomic mass is 16.5. The molecule has 2 rings (SSSR count). The predicted molar refractivity (Wildman–Crippen MR) is 90.5 cm³/mol. The van der Waals surface area contributed by atoms with Gasteiger partial charge in [0.2, 0.25) is 5.91 Å². The van der Waals surface area contributed by atoms with Crippen LogP contribution < -0.4 is 10.1 Å². The molecule has 0 radical (unpaired) electrons. The summed E-state index contributed by atoms with van der Waals surface area (Å²) >= 11 is 0. The van der Waals surface area contributed by atoms with Crippen molar-refractivity contribution in [2.75, 3.05) is 33.9 Å². The number of carbonyl (C=O) groups excluding carboxylic acids is 1. The molecule has 1 aliphatic heterocycles. The Hall–Kier alpha value is -1.59. The van der Waals surface area contributed by atoms with Gasteiger partial charge in [-0.15, -0.1) is 0 Å². The lowest BCUT2D eigenvalue weighted by Gasteiger charge is -2.29. The third-order valence-electron chi connectivity index (χ3n) is 4.22. The molecule has 0 spiro atoms. The molecular formula is C18H28N2O3. The second-order valence-electron chi connectivity index (χ2n) is 6.34. The summed E-state index contributed by atoms with van der Waals surface area (Å²) in [6, 6.07) is 7.98. The van der Waals surface area contributed by atoms with Gasteiger partial charge < -0.3 is 19.7 Å². The summed E-state index contributed by atoms with van der Waals surface area (Å²) in [5.74, 6) is 0.785. The lowest BCUT2D eigenvalue weighted by Crippen LogP contribution is -2.35. The maximum absolute atomic E-state index is 11.8. The number of nitrogens with zero attached hydrogens (tertiary/aromatic N) is 1. The van der Waals surface area contributed by atoms with E-state index in [9.17, 15) is 4.79 Å². The van der Waals surface area contributed by atoms with Crippen LogP contribution in [0, 0.1) is 5.92 Å². The lowest BCUT2D eigenvalue weighted by atomic mass is 10.1. The number of nitrogens with one attached hydrogen (secondary N) is 1. The van der Waals surface area contributed by atoms with E-state index in [0.29, 0.717) is 19.3 Å². The molecule has 0 bridgehead atoms. The van der Waals surface area contributed by atoms with E-state index in [-0.39, 0.29) is 11.8 Å². The molecular weight excluding hydrogens is 292 g/mol. The standard InChI is InChI=1S/C18H28N2O3/c1-14(13-22-3)18(21)19-12-15-4-6-16(7-5-15)23-17-8-10-20(2)11-9-17/h4-7,14,17H,8-13H2,1-3H3,(H,19,21)/t14-/m0/s1. The minimum Gasteiger partial charge on any atom is -0.490 e. The summed E-state index contributed by atoms with van der Waals surface area (Å²) in [7, 11) is 3.75. The normalized spacial score (nSPS) is 17.7. The Balaban J connectivity index is 1.77. The Kier molecular flexibility index (Phi) is 6.86. The molecule has 5 nitrogen and oxygen atoms in total. The van der Waals surface area contributed by atoms with E-state index in [2.05, 4.69) is 17.3 Å². The van der Waals surface area contributed by atoms with Gasteiger partial charge in [-0.25, -0.2) is 0 Å². The Labute approximate surface area is 139 Å². The van der Waals surface area contributed by atoms with Crippen LogP contribution in [0.4, 0.5) is 0 Å². The van der Waals surface area contributed by atoms with Crippen LogP contribution in [0.2, 0.25) is 0 Å². The van der Waals surface area contributed by atoms with Crippen LogP contribution in [-0.4, -0.2) is 50.8 Å². The van der Waals surface area contributed by atoms with Crippen molar-refractivity contribution >= 4 is 5.91 Å². The topological polar surface area (TPSA) is 50.8 Å². The summed E-state index contributed by atoms with van der Waals surface area (Å²) in [5.41, 5.74) is 1.07. The molecule has 1 aromatic rings. The number of ether oxygens (including phenoxy) is 2. The molecule has 1 fully saturated rings. The third-order valence-corrected chi connectivity index (χ3v) is 4.22. The molecule has 1 aromatic carbocycles. The molecule has 23 heavy (non-hydrogen) atoms. The van der Waals surface area contributed by atoms with Crippen molar-refractivity contribution in [3.63, 3.8) is 0 Å². The van der Waals surface area contributed by atoms with E-state index >= 15 is 0 Å². The smallest absolute Gasteiger partial charge is 0.225 e. The Morgan fingerprint density at radius 2 is 1.96 bits per heavy atom. The quantitative estimate of drug-likeness (QED) is 0.835. The maximum atomic E-state index is 11.8. The monoisotopic (exact) mass is 320 g/mol. The number of hydrogen-bond donors (Lipinski definition) is 1. The van der Waals surface area contributed by atoms with Crippen molar-refractivity contribution in [3.8, 4) is 5.75 Å². The zero-order valence-corrected chi connectivity index (χ0v) is 14.4. The van der Waals surface area contributed by atoms with E-state index < -0.39 is 0 Å². The fraction of sp³-hybridized carbons (Fsp3) is 0.611. The van der Waals surface area contributed by atoms with Crippen LogP contribution in [0.1, 0.15) is 25.3 Å². The number of hydrogen-bond acceptors (Lipinski definition) is 4. The average Bonchev–Trinajstić information content (AvgIpc) is 2.56. The molecule has 0 saturated carbocycles. The average molecular weight is 320 g/mol. The van der Waals surface area contributed by atoms with Gasteiger partial charge in [-0.3, -0.25) is 4.79 Å². The second-order valence-corrected chi connectivity index (χ2v) is 6.34. The minimum absolute atomic E-state index is 0.0125. The molecule has 1 N–H and O–H groups in total. The first-order chi connectivity index (χ1) is 11.1. The van der Waals surface area contributed by atoms with E-state index in [1.165, 1.54) is 0 Å². The number of carbonyl (C=O) groups is 1. The molecule has 1 amide bonds. The first kappa shape index (κ1) is 17.8. The van der Waals surface area contributed by atoms with Crippen molar-refractivity contribution in [3.05, 3.63) is 29.8 Å². The fourth-order valence-electron chi connectivity index (χ4n) is 2.67. The number of piperidine rings is 1. The summed E-state index contributed by atoms with van der Waals surface area (Å²) in [6.45, 7) is 5.01. The molecule has 128 valence electrons. The highest BCUT2D eigenvalue weighted by Crippen LogP contribution is 2.19. The van der Waals surface area contributed by atoms with Gasteiger partial charge in [-0.2, -0.15) is 0 Å². The van der Waals surface area contributed by atoms with Crippen LogP contribution in [0.3, 0.4) is 0 Å². The van der Waals surface area contributed by atoms with Gasteiger partial charge in [0.15, 0.2) is 0 Å².